The van der Waals surface area contributed by atoms with Crippen LogP contribution in [0.15, 0.2) is 82.0 Å². The Morgan fingerprint density at radius 3 is 2.34 bits per heavy atom. The number of carbonyl (C=O) groups excluding carboxylic acids is 1. The van der Waals surface area contributed by atoms with Crippen LogP contribution in [0, 0.1) is 6.92 Å². The zero-order chi connectivity index (χ0) is 22.4. The minimum Gasteiger partial charge on any atom is -0.450 e. The molecule has 0 saturated heterocycles. The highest BCUT2D eigenvalue weighted by atomic mass is 16.3. The summed E-state index contributed by atoms with van der Waals surface area (Å²) in [6.45, 7) is 6.64. The minimum absolute atomic E-state index is 0.133. The van der Waals surface area contributed by atoms with Crippen LogP contribution in [0.1, 0.15) is 64.2 Å². The standard InChI is InChI=1S/C28H25NO3/c1-17(2)20-10-12-21(13-11-20)25-24-26(30)22-15-18(3)9-14-23(22)32-27(24)28(31)29(25)16-19-7-5-4-6-8-19/h4-15,17,25H,16H2,1-3H3. The predicted octanol–water partition coefficient (Wildman–Crippen LogP) is 5.97. The first-order valence-electron chi connectivity index (χ1n) is 11.0. The lowest BCUT2D eigenvalue weighted by molar-refractivity contribution is 0.0714. The van der Waals surface area contributed by atoms with Gasteiger partial charge in [0.2, 0.25) is 5.76 Å². The molecule has 4 nitrogen and oxygen atoms in total. The summed E-state index contributed by atoms with van der Waals surface area (Å²) in [6, 6.07) is 23.1. The molecule has 0 fully saturated rings. The van der Waals surface area contributed by atoms with Crippen LogP contribution in [-0.4, -0.2) is 10.8 Å². The van der Waals surface area contributed by atoms with Gasteiger partial charge in [0, 0.05) is 6.54 Å². The number of amides is 1. The van der Waals surface area contributed by atoms with E-state index in [1.807, 2.05) is 61.5 Å². The van der Waals surface area contributed by atoms with Crippen molar-refractivity contribution >= 4 is 16.9 Å². The third-order valence-electron chi connectivity index (χ3n) is 6.24. The molecule has 0 N–H and O–H groups in total. The summed E-state index contributed by atoms with van der Waals surface area (Å²) in [4.78, 5) is 28.9. The number of hydrogen-bond acceptors (Lipinski definition) is 3. The van der Waals surface area contributed by atoms with Crippen molar-refractivity contribution in [3.8, 4) is 0 Å². The van der Waals surface area contributed by atoms with E-state index >= 15 is 0 Å². The Bertz CT molecular complexity index is 1370. The zero-order valence-corrected chi connectivity index (χ0v) is 18.5. The van der Waals surface area contributed by atoms with E-state index in [2.05, 4.69) is 26.0 Å². The van der Waals surface area contributed by atoms with Gasteiger partial charge in [-0.1, -0.05) is 80.1 Å². The summed E-state index contributed by atoms with van der Waals surface area (Å²) < 4.78 is 6.04. The van der Waals surface area contributed by atoms with Crippen LogP contribution < -0.4 is 5.43 Å². The monoisotopic (exact) mass is 423 g/mol. The Hall–Kier alpha value is -3.66. The van der Waals surface area contributed by atoms with Crippen LogP contribution in [0.4, 0.5) is 0 Å². The van der Waals surface area contributed by atoms with Gasteiger partial charge in [0.25, 0.3) is 5.91 Å². The summed E-state index contributed by atoms with van der Waals surface area (Å²) >= 11 is 0. The van der Waals surface area contributed by atoms with Crippen molar-refractivity contribution in [2.45, 2.75) is 39.3 Å². The van der Waals surface area contributed by atoms with Crippen LogP contribution in [0.3, 0.4) is 0 Å². The van der Waals surface area contributed by atoms with Gasteiger partial charge >= 0.3 is 0 Å². The number of benzene rings is 3. The molecule has 5 rings (SSSR count). The SMILES string of the molecule is Cc1ccc2oc3c(c(=O)c2c1)C(c1ccc(C(C)C)cc1)N(Cc1ccccc1)C3=O. The van der Waals surface area contributed by atoms with Crippen LogP contribution >= 0.6 is 0 Å². The molecule has 1 amide bonds. The highest BCUT2D eigenvalue weighted by Crippen LogP contribution is 2.39. The molecule has 160 valence electrons. The van der Waals surface area contributed by atoms with Gasteiger partial charge in [-0.25, -0.2) is 0 Å². The predicted molar refractivity (Wildman–Crippen MR) is 126 cm³/mol. The van der Waals surface area contributed by atoms with Crippen LogP contribution in [0.25, 0.3) is 11.0 Å². The van der Waals surface area contributed by atoms with E-state index in [-0.39, 0.29) is 17.1 Å². The second-order valence-electron chi connectivity index (χ2n) is 8.82. The Balaban J connectivity index is 1.71. The lowest BCUT2D eigenvalue weighted by Crippen LogP contribution is -2.29. The van der Waals surface area contributed by atoms with Crippen molar-refractivity contribution in [2.24, 2.45) is 0 Å². The molecule has 1 aliphatic heterocycles. The molecule has 3 aromatic carbocycles. The average molecular weight is 424 g/mol. The molecule has 1 aliphatic rings. The number of fused-ring (bicyclic) bond motifs is 2. The maximum absolute atomic E-state index is 13.6. The lowest BCUT2D eigenvalue weighted by atomic mass is 9.95. The Labute approximate surface area is 187 Å². The molecule has 0 aliphatic carbocycles. The average Bonchev–Trinajstić information content (AvgIpc) is 3.07. The van der Waals surface area contributed by atoms with E-state index in [1.165, 1.54) is 5.56 Å². The third kappa shape index (κ3) is 3.32. The first kappa shape index (κ1) is 20.3. The lowest BCUT2D eigenvalue weighted by Gasteiger charge is -2.25. The summed E-state index contributed by atoms with van der Waals surface area (Å²) in [6.07, 6.45) is 0. The van der Waals surface area contributed by atoms with Crippen molar-refractivity contribution in [2.75, 3.05) is 0 Å². The topological polar surface area (TPSA) is 50.5 Å². The number of aryl methyl sites for hydroxylation is 1. The molecule has 1 unspecified atom stereocenters. The van der Waals surface area contributed by atoms with E-state index in [0.29, 0.717) is 29.0 Å². The molecular weight excluding hydrogens is 398 g/mol. The number of hydrogen-bond donors (Lipinski definition) is 0. The van der Waals surface area contributed by atoms with E-state index in [0.717, 1.165) is 16.7 Å². The minimum atomic E-state index is -0.486. The van der Waals surface area contributed by atoms with Crippen molar-refractivity contribution in [1.29, 1.82) is 0 Å². The summed E-state index contributed by atoms with van der Waals surface area (Å²) in [5.74, 6) is 0.306. The van der Waals surface area contributed by atoms with Crippen molar-refractivity contribution in [3.63, 3.8) is 0 Å². The van der Waals surface area contributed by atoms with Gasteiger partial charge < -0.3 is 9.32 Å². The van der Waals surface area contributed by atoms with Crippen LogP contribution in [-0.2, 0) is 6.54 Å². The molecule has 1 atom stereocenters. The smallest absolute Gasteiger partial charge is 0.291 e. The first-order valence-corrected chi connectivity index (χ1v) is 11.0. The maximum Gasteiger partial charge on any atom is 0.291 e. The number of carbonyl (C=O) groups is 1. The molecule has 4 heteroatoms. The van der Waals surface area contributed by atoms with Gasteiger partial charge in [-0.05, 0) is 41.7 Å². The Kier molecular flexibility index (Phi) is 4.93. The third-order valence-corrected chi connectivity index (χ3v) is 6.24. The number of rotatable bonds is 4. The van der Waals surface area contributed by atoms with E-state index < -0.39 is 6.04 Å². The molecule has 4 aromatic rings. The van der Waals surface area contributed by atoms with Crippen molar-refractivity contribution in [1.82, 2.24) is 4.90 Å². The second-order valence-corrected chi connectivity index (χ2v) is 8.82. The van der Waals surface area contributed by atoms with Crippen molar-refractivity contribution in [3.05, 3.63) is 117 Å². The van der Waals surface area contributed by atoms with Gasteiger partial charge in [-0.3, -0.25) is 9.59 Å². The molecule has 0 spiro atoms. The van der Waals surface area contributed by atoms with Crippen molar-refractivity contribution < 1.29 is 9.21 Å². The fourth-order valence-corrected chi connectivity index (χ4v) is 4.49. The molecule has 0 radical (unpaired) electrons. The molecule has 2 heterocycles. The highest BCUT2D eigenvalue weighted by Gasteiger charge is 2.42. The van der Waals surface area contributed by atoms with E-state index in [9.17, 15) is 9.59 Å². The fourth-order valence-electron chi connectivity index (χ4n) is 4.49. The number of nitrogens with zero attached hydrogens (tertiary/aromatic N) is 1. The molecule has 1 aromatic heterocycles. The van der Waals surface area contributed by atoms with Crippen LogP contribution in [0.2, 0.25) is 0 Å². The highest BCUT2D eigenvalue weighted by molar-refractivity contribution is 5.99. The summed E-state index contributed by atoms with van der Waals surface area (Å²) in [7, 11) is 0. The van der Waals surface area contributed by atoms with Crippen LogP contribution in [0.5, 0.6) is 0 Å². The molecular formula is C28H25NO3. The summed E-state index contributed by atoms with van der Waals surface area (Å²) in [5.41, 5.74) is 4.86. The van der Waals surface area contributed by atoms with Gasteiger partial charge in [-0.15, -0.1) is 0 Å². The fraction of sp³-hybridized carbons (Fsp3) is 0.214. The largest absolute Gasteiger partial charge is 0.450 e. The Morgan fingerprint density at radius 2 is 1.66 bits per heavy atom. The zero-order valence-electron chi connectivity index (χ0n) is 18.5. The van der Waals surface area contributed by atoms with E-state index in [1.54, 1.807) is 11.0 Å². The van der Waals surface area contributed by atoms with Gasteiger partial charge in [-0.2, -0.15) is 0 Å². The molecule has 32 heavy (non-hydrogen) atoms. The van der Waals surface area contributed by atoms with Gasteiger partial charge in [0.15, 0.2) is 5.43 Å². The summed E-state index contributed by atoms with van der Waals surface area (Å²) in [5, 5.41) is 0.516. The quantitative estimate of drug-likeness (QED) is 0.406. The second kappa shape index (κ2) is 7.79. The molecule has 0 saturated carbocycles. The maximum atomic E-state index is 13.6. The Morgan fingerprint density at radius 1 is 0.938 bits per heavy atom. The van der Waals surface area contributed by atoms with Gasteiger partial charge in [0.05, 0.1) is 17.0 Å². The van der Waals surface area contributed by atoms with Gasteiger partial charge in [0.1, 0.15) is 5.58 Å². The normalized spacial score (nSPS) is 15.6. The van der Waals surface area contributed by atoms with E-state index in [4.69, 9.17) is 4.42 Å². The first-order chi connectivity index (χ1) is 15.4. The molecule has 0 bridgehead atoms.